The Bertz CT molecular complexity index is 3010. The maximum atomic E-state index is 12.1. The minimum absolute atomic E-state index is 0.0658. The van der Waals surface area contributed by atoms with Crippen LogP contribution in [0.4, 0.5) is 0 Å². The second-order valence-electron chi connectivity index (χ2n) is 19.1. The van der Waals surface area contributed by atoms with Gasteiger partial charge in [-0.25, -0.2) is 24.0 Å². The standard InChI is InChI=1S/C25H30ClNO3Si.C9H11BrClNO2.C9H12ClNO3.C9H10ClNO2.C7H7ClO2/c1-25(2,3)31(20-12-7-5-8-13-20,21-14-9-6-10-15-21)30-19-11-17-27-18-16-22(26)23(27)24(28)29-4;1-14-9(13)8-7(11)3-6-12(8)5-2-4-10;1-14-9(13)8-7(10)3-5-11(8)4-2-6-12;1-13-9(12)8-7(10)5-6-3-2-4-11(6)8;1-10-7(9)5-3-2-4-6(5)8/h5-10,12-16,18H,11,17,19H2,1-4H3;3,6H,2,4-5H2,1H3;3,5,12H,2,4,6H2,1H3;5H,2-4H2,1H3;2,4H,3H2,1H3. The summed E-state index contributed by atoms with van der Waals surface area (Å²) in [5.74, 6) is -1.97. The van der Waals surface area contributed by atoms with Gasteiger partial charge in [0.05, 0.1) is 66.2 Å². The Morgan fingerprint density at radius 2 is 1.01 bits per heavy atom. The third-order valence-corrected chi connectivity index (χ3v) is 20.0. The van der Waals surface area contributed by atoms with E-state index < -0.39 is 26.2 Å². The molecular weight excluding hydrogens is 1240 g/mol. The minimum Gasteiger partial charge on any atom is -0.466 e. The highest BCUT2D eigenvalue weighted by Gasteiger charge is 2.50. The highest BCUT2D eigenvalue weighted by Crippen LogP contribution is 2.37. The van der Waals surface area contributed by atoms with Crippen LogP contribution in [0.15, 0.2) is 126 Å². The zero-order chi connectivity index (χ0) is 60.6. The van der Waals surface area contributed by atoms with Crippen LogP contribution in [0.2, 0.25) is 25.1 Å². The number of aliphatic hydroxyl groups is 1. The van der Waals surface area contributed by atoms with E-state index in [1.54, 1.807) is 45.8 Å². The molecule has 1 aliphatic carbocycles. The molecule has 1 N–H and O–H groups in total. The molecule has 0 saturated heterocycles. The SMILES string of the molecule is COC(=O)C1=C(Cl)C=CC1.COC(=O)c1c(Cl)cc2n1CCC2.COC(=O)c1c(Cl)ccn1CCCBr.COC(=O)c1c(Cl)ccn1CCCO.COC(=O)c1c(Cl)ccn1CCCO[Si](c1ccccc1)(c1ccccc1)C(C)(C)C. The number of aliphatic hydroxyl groups excluding tert-OH is 1. The van der Waals surface area contributed by atoms with Crippen LogP contribution in [0.5, 0.6) is 0 Å². The number of methoxy groups -OCH3 is 5. The Kier molecular flexibility index (Phi) is 28.8. The van der Waals surface area contributed by atoms with E-state index in [0.29, 0.717) is 86.0 Å². The van der Waals surface area contributed by atoms with Crippen molar-refractivity contribution in [2.24, 2.45) is 0 Å². The number of hydrogen-bond acceptors (Lipinski definition) is 12. The fourth-order valence-corrected chi connectivity index (χ4v) is 15.2. The third kappa shape index (κ3) is 18.2. The van der Waals surface area contributed by atoms with E-state index in [9.17, 15) is 24.0 Å². The molecule has 444 valence electrons. The average molecular weight is 1310 g/mol. The summed E-state index contributed by atoms with van der Waals surface area (Å²) < 4.78 is 37.4. The lowest BCUT2D eigenvalue weighted by Gasteiger charge is -2.43. The van der Waals surface area contributed by atoms with Crippen molar-refractivity contribution in [1.82, 2.24) is 18.3 Å². The molecule has 5 heterocycles. The fraction of sp³-hybridized carbons (Fsp3) is 0.373. The zero-order valence-corrected chi connectivity index (χ0v) is 53.5. The number of esters is 5. The zero-order valence-electron chi connectivity index (χ0n) is 47.2. The van der Waals surface area contributed by atoms with Crippen LogP contribution < -0.4 is 10.4 Å². The van der Waals surface area contributed by atoms with Crippen LogP contribution >= 0.6 is 73.9 Å². The van der Waals surface area contributed by atoms with Crippen LogP contribution in [0, 0.1) is 0 Å². The van der Waals surface area contributed by atoms with Crippen LogP contribution in [0.1, 0.15) is 101 Å². The van der Waals surface area contributed by atoms with Crippen LogP contribution in [-0.4, -0.2) is 116 Å². The van der Waals surface area contributed by atoms with Gasteiger partial charge in [-0.3, -0.25) is 0 Å². The molecule has 23 heteroatoms. The van der Waals surface area contributed by atoms with Crippen molar-refractivity contribution in [3.63, 3.8) is 0 Å². The molecule has 82 heavy (non-hydrogen) atoms. The third-order valence-electron chi connectivity index (χ3n) is 12.9. The van der Waals surface area contributed by atoms with Gasteiger partial charge in [-0.05, 0) is 84.3 Å². The van der Waals surface area contributed by atoms with Crippen molar-refractivity contribution in [3.8, 4) is 0 Å². The maximum absolute atomic E-state index is 12.1. The molecule has 4 aromatic heterocycles. The smallest absolute Gasteiger partial charge is 0.356 e. The summed E-state index contributed by atoms with van der Waals surface area (Å²) in [6.45, 7) is 10.2. The highest BCUT2D eigenvalue weighted by molar-refractivity contribution is 9.09. The Labute approximate surface area is 514 Å². The summed E-state index contributed by atoms with van der Waals surface area (Å²) >= 11 is 32.7. The van der Waals surface area contributed by atoms with Gasteiger partial charge in [0.2, 0.25) is 0 Å². The molecule has 0 atom stereocenters. The second kappa shape index (κ2) is 34.3. The van der Waals surface area contributed by atoms with Crippen LogP contribution in [0.25, 0.3) is 0 Å². The topological polar surface area (TPSA) is 181 Å². The average Bonchev–Trinajstić information content (AvgIpc) is 2.60. The van der Waals surface area contributed by atoms with Crippen LogP contribution in [0.3, 0.4) is 0 Å². The monoisotopic (exact) mass is 1310 g/mol. The Hall–Kier alpha value is -5.54. The first-order valence-electron chi connectivity index (χ1n) is 26.0. The van der Waals surface area contributed by atoms with Gasteiger partial charge in [0.15, 0.2) is 0 Å². The molecule has 2 aliphatic rings. The van der Waals surface area contributed by atoms with E-state index in [1.165, 1.54) is 45.9 Å². The molecule has 0 spiro atoms. The lowest BCUT2D eigenvalue weighted by atomic mass is 10.2. The van der Waals surface area contributed by atoms with Crippen molar-refractivity contribution in [2.75, 3.05) is 54.1 Å². The molecule has 0 amide bonds. The molecule has 0 fully saturated rings. The number of alkyl halides is 1. The Morgan fingerprint density at radius 3 is 1.40 bits per heavy atom. The summed E-state index contributed by atoms with van der Waals surface area (Å²) in [6, 6.07) is 28.1. The van der Waals surface area contributed by atoms with Gasteiger partial charge >= 0.3 is 29.8 Å². The number of allylic oxidation sites excluding steroid dienone is 3. The van der Waals surface area contributed by atoms with Crippen molar-refractivity contribution in [3.05, 3.63) is 175 Å². The number of fused-ring (bicyclic) bond motifs is 1. The number of ether oxygens (including phenoxy) is 5. The molecule has 0 unspecified atom stereocenters. The van der Waals surface area contributed by atoms with E-state index in [1.807, 2.05) is 39.6 Å². The summed E-state index contributed by atoms with van der Waals surface area (Å²) in [5.41, 5.74) is 3.32. The lowest BCUT2D eigenvalue weighted by molar-refractivity contribution is -0.136. The largest absolute Gasteiger partial charge is 0.466 e. The summed E-state index contributed by atoms with van der Waals surface area (Å²) in [6.07, 6.45) is 13.8. The Morgan fingerprint density at radius 1 is 0.585 bits per heavy atom. The van der Waals surface area contributed by atoms with Gasteiger partial charge in [0.25, 0.3) is 8.32 Å². The van der Waals surface area contributed by atoms with Gasteiger partial charge < -0.3 is 51.5 Å². The van der Waals surface area contributed by atoms with Gasteiger partial charge in [-0.2, -0.15) is 0 Å². The van der Waals surface area contributed by atoms with Crippen molar-refractivity contribution in [2.45, 2.75) is 90.5 Å². The van der Waals surface area contributed by atoms with Crippen molar-refractivity contribution >= 4 is 122 Å². The van der Waals surface area contributed by atoms with E-state index in [-0.39, 0.29) is 23.6 Å². The number of aryl methyl sites for hydroxylation is 4. The summed E-state index contributed by atoms with van der Waals surface area (Å²) in [4.78, 5) is 56.8. The van der Waals surface area contributed by atoms with Gasteiger partial charge in [0, 0.05) is 69.0 Å². The lowest BCUT2D eigenvalue weighted by Crippen LogP contribution is -2.66. The molecule has 1 aliphatic heterocycles. The number of carbonyl (C=O) groups excluding carboxylic acids is 5. The number of halogens is 6. The Balaban J connectivity index is 0.000000238. The number of benzene rings is 2. The number of carbonyl (C=O) groups is 5. The summed E-state index contributed by atoms with van der Waals surface area (Å²) in [5, 5.41) is 14.2. The summed E-state index contributed by atoms with van der Waals surface area (Å²) in [7, 11) is 4.18. The van der Waals surface area contributed by atoms with E-state index in [0.717, 1.165) is 49.8 Å². The fourth-order valence-electron chi connectivity index (χ4n) is 9.06. The number of hydrogen-bond donors (Lipinski definition) is 1. The quantitative estimate of drug-likeness (QED) is 0.0283. The molecule has 0 saturated carbocycles. The normalized spacial score (nSPS) is 12.3. The van der Waals surface area contributed by atoms with Gasteiger partial charge in [0.1, 0.15) is 22.8 Å². The molecule has 0 radical (unpaired) electrons. The molecule has 0 bridgehead atoms. The molecular formula is C59H70BrCl5N4O12Si. The molecule has 2 aromatic carbocycles. The maximum Gasteiger partial charge on any atom is 0.356 e. The highest BCUT2D eigenvalue weighted by atomic mass is 79.9. The first kappa shape index (κ1) is 69.0. The predicted octanol–water partition coefficient (Wildman–Crippen LogP) is 12.4. The first-order chi connectivity index (χ1) is 39.2. The van der Waals surface area contributed by atoms with Crippen molar-refractivity contribution in [1.29, 1.82) is 0 Å². The van der Waals surface area contributed by atoms with E-state index in [2.05, 4.69) is 104 Å². The van der Waals surface area contributed by atoms with Gasteiger partial charge in [-0.15, -0.1) is 0 Å². The molecule has 8 rings (SSSR count). The number of aromatic nitrogens is 4. The minimum atomic E-state index is -2.55. The number of rotatable bonds is 18. The predicted molar refractivity (Wildman–Crippen MR) is 328 cm³/mol. The van der Waals surface area contributed by atoms with Crippen LogP contribution in [-0.2, 0) is 65.5 Å². The number of nitrogens with zero attached hydrogens (tertiary/aromatic N) is 4. The molecule has 6 aromatic rings. The van der Waals surface area contributed by atoms with Crippen molar-refractivity contribution < 1.29 is 57.2 Å². The van der Waals surface area contributed by atoms with Gasteiger partial charge in [-0.1, -0.05) is 161 Å². The second-order valence-corrected chi connectivity index (χ2v) is 26.2. The van der Waals surface area contributed by atoms with E-state index >= 15 is 0 Å². The van der Waals surface area contributed by atoms with E-state index in [4.69, 9.17) is 72.3 Å². The molecule has 16 nitrogen and oxygen atoms in total. The first-order valence-corrected chi connectivity index (χ1v) is 30.9.